The molecular weight excluding hydrogens is 444 g/mol. The van der Waals surface area contributed by atoms with E-state index in [4.69, 9.17) is 4.74 Å². The number of rotatable bonds is 9. The Hall–Kier alpha value is -4.18. The Balaban J connectivity index is 1.45. The number of aromatic nitrogens is 3. The van der Waals surface area contributed by atoms with Crippen molar-refractivity contribution < 1.29 is 9.53 Å². The number of piperazine rings is 1. The minimum atomic E-state index is -0.281. The van der Waals surface area contributed by atoms with Gasteiger partial charge in [-0.1, -0.05) is 19.6 Å². The van der Waals surface area contributed by atoms with E-state index in [0.717, 1.165) is 44.1 Å². The summed E-state index contributed by atoms with van der Waals surface area (Å²) in [6, 6.07) is 13.3. The molecule has 10 heteroatoms. The topological polar surface area (TPSA) is 108 Å². The van der Waals surface area contributed by atoms with Crippen LogP contribution in [0, 0.1) is 0 Å². The summed E-state index contributed by atoms with van der Waals surface area (Å²) in [4.78, 5) is 29.3. The first-order chi connectivity index (χ1) is 17.1. The molecule has 0 unspecified atom stereocenters. The average Bonchev–Trinajstić information content (AvgIpc) is 2.89. The van der Waals surface area contributed by atoms with Gasteiger partial charge in [-0.2, -0.15) is 4.98 Å². The van der Waals surface area contributed by atoms with E-state index in [0.29, 0.717) is 29.0 Å². The van der Waals surface area contributed by atoms with Crippen molar-refractivity contribution >= 4 is 40.6 Å². The van der Waals surface area contributed by atoms with Crippen molar-refractivity contribution in [3.05, 3.63) is 61.4 Å². The van der Waals surface area contributed by atoms with Gasteiger partial charge in [-0.05, 0) is 43.0 Å². The van der Waals surface area contributed by atoms with E-state index >= 15 is 0 Å². The van der Waals surface area contributed by atoms with Crippen molar-refractivity contribution in [2.24, 2.45) is 0 Å². The number of nitrogens with one attached hydrogen (secondary N) is 3. The smallest absolute Gasteiger partial charge is 0.247 e. The molecule has 0 radical (unpaired) electrons. The second-order valence-corrected chi connectivity index (χ2v) is 7.96. The monoisotopic (exact) mass is 474 g/mol. The van der Waals surface area contributed by atoms with E-state index in [1.54, 1.807) is 19.2 Å². The van der Waals surface area contributed by atoms with E-state index < -0.39 is 0 Å². The lowest BCUT2D eigenvalue weighted by Gasteiger charge is -2.35. The Morgan fingerprint density at radius 3 is 2.51 bits per heavy atom. The quantitative estimate of drug-likeness (QED) is 0.401. The number of anilines is 6. The maximum absolute atomic E-state index is 11.6. The van der Waals surface area contributed by atoms with Crippen LogP contribution in [-0.4, -0.2) is 65.6 Å². The molecule has 0 saturated carbocycles. The zero-order chi connectivity index (χ0) is 24.6. The Morgan fingerprint density at radius 1 is 1.06 bits per heavy atom. The summed E-state index contributed by atoms with van der Waals surface area (Å²) in [7, 11) is 1.65. The maximum Gasteiger partial charge on any atom is 0.247 e. The predicted octanol–water partition coefficient (Wildman–Crippen LogP) is 3.63. The number of hydrogen-bond acceptors (Lipinski definition) is 9. The second kappa shape index (κ2) is 11.3. The number of carbonyl (C=O) groups is 1. The molecule has 1 fully saturated rings. The first kappa shape index (κ1) is 24.0. The number of amides is 1. The Labute approximate surface area is 205 Å². The summed E-state index contributed by atoms with van der Waals surface area (Å²) in [5.41, 5.74) is 3.24. The molecule has 1 saturated heterocycles. The van der Waals surface area contributed by atoms with Crippen molar-refractivity contribution in [3.63, 3.8) is 0 Å². The fourth-order valence-corrected chi connectivity index (χ4v) is 3.84. The molecule has 2 aromatic carbocycles. The fraction of sp³-hybridized carbons (Fsp3) is 0.280. The number of ether oxygens (including phenoxy) is 1. The standard InChI is InChI=1S/C25H30N8O2/c1-4-23(34)28-18-7-6-8-19(15-18)29-24-26-17-27-25(31-24)30-21-10-9-20(16-22(21)35-3)33-13-11-32(5-2)12-14-33/h4,6-10,15-17H,1,5,11-14H2,2-3H3,(H,28,34)(H2,26,27,29,30,31). The molecule has 0 bridgehead atoms. The number of likely N-dealkylation sites (N-methyl/N-ethyl adjacent to an activating group) is 1. The van der Waals surface area contributed by atoms with Crippen molar-refractivity contribution in [3.8, 4) is 5.75 Å². The molecule has 4 rings (SSSR count). The van der Waals surface area contributed by atoms with Crippen molar-refractivity contribution in [2.75, 3.05) is 60.7 Å². The number of benzene rings is 2. The number of methoxy groups -OCH3 is 1. The van der Waals surface area contributed by atoms with Gasteiger partial charge in [0.1, 0.15) is 12.1 Å². The highest BCUT2D eigenvalue weighted by molar-refractivity contribution is 5.99. The second-order valence-electron chi connectivity index (χ2n) is 7.96. The summed E-state index contributed by atoms with van der Waals surface area (Å²) in [5, 5.41) is 9.07. The highest BCUT2D eigenvalue weighted by atomic mass is 16.5. The van der Waals surface area contributed by atoms with Crippen molar-refractivity contribution in [1.82, 2.24) is 19.9 Å². The van der Waals surface area contributed by atoms with E-state index in [-0.39, 0.29) is 5.91 Å². The zero-order valence-corrected chi connectivity index (χ0v) is 20.0. The maximum atomic E-state index is 11.6. The molecule has 0 spiro atoms. The molecule has 1 aliphatic rings. The molecule has 182 valence electrons. The molecule has 0 aliphatic carbocycles. The molecule has 3 N–H and O–H groups in total. The van der Waals surface area contributed by atoms with Crippen LogP contribution in [0.15, 0.2) is 61.4 Å². The Morgan fingerprint density at radius 2 is 1.80 bits per heavy atom. The van der Waals surface area contributed by atoms with Crippen LogP contribution >= 0.6 is 0 Å². The molecule has 1 aliphatic heterocycles. The lowest BCUT2D eigenvalue weighted by molar-refractivity contribution is -0.111. The van der Waals surface area contributed by atoms with Gasteiger partial charge in [-0.15, -0.1) is 0 Å². The summed E-state index contributed by atoms with van der Waals surface area (Å²) in [6.07, 6.45) is 2.65. The lowest BCUT2D eigenvalue weighted by Crippen LogP contribution is -2.46. The summed E-state index contributed by atoms with van der Waals surface area (Å²) < 4.78 is 5.64. The average molecular weight is 475 g/mol. The number of carbonyl (C=O) groups excluding carboxylic acids is 1. The van der Waals surface area contributed by atoms with Crippen LogP contribution in [-0.2, 0) is 4.79 Å². The van der Waals surface area contributed by atoms with Gasteiger partial charge in [0, 0.05) is 49.3 Å². The van der Waals surface area contributed by atoms with Crippen LogP contribution < -0.4 is 25.6 Å². The summed E-state index contributed by atoms with van der Waals surface area (Å²) in [5.74, 6) is 1.17. The summed E-state index contributed by atoms with van der Waals surface area (Å²) in [6.45, 7) is 10.8. The van der Waals surface area contributed by atoms with Crippen LogP contribution in [0.2, 0.25) is 0 Å². The third kappa shape index (κ3) is 6.24. The van der Waals surface area contributed by atoms with Gasteiger partial charge in [0.2, 0.25) is 17.8 Å². The largest absolute Gasteiger partial charge is 0.494 e. The first-order valence-electron chi connectivity index (χ1n) is 11.5. The third-order valence-electron chi connectivity index (χ3n) is 5.76. The van der Waals surface area contributed by atoms with E-state index in [1.165, 1.54) is 12.4 Å². The lowest BCUT2D eigenvalue weighted by atomic mass is 10.2. The van der Waals surface area contributed by atoms with Gasteiger partial charge in [0.05, 0.1) is 12.8 Å². The van der Waals surface area contributed by atoms with Gasteiger partial charge >= 0.3 is 0 Å². The zero-order valence-electron chi connectivity index (χ0n) is 20.0. The number of hydrogen-bond donors (Lipinski definition) is 3. The van der Waals surface area contributed by atoms with E-state index in [2.05, 4.69) is 60.3 Å². The van der Waals surface area contributed by atoms with Crippen LogP contribution in [0.25, 0.3) is 0 Å². The molecule has 1 aromatic heterocycles. The van der Waals surface area contributed by atoms with Gasteiger partial charge in [0.25, 0.3) is 0 Å². The molecule has 3 aromatic rings. The fourth-order valence-electron chi connectivity index (χ4n) is 3.84. The van der Waals surface area contributed by atoms with Crippen LogP contribution in [0.3, 0.4) is 0 Å². The minimum Gasteiger partial charge on any atom is -0.494 e. The van der Waals surface area contributed by atoms with Crippen molar-refractivity contribution in [1.29, 1.82) is 0 Å². The highest BCUT2D eigenvalue weighted by Crippen LogP contribution is 2.32. The highest BCUT2D eigenvalue weighted by Gasteiger charge is 2.17. The SMILES string of the molecule is C=CC(=O)Nc1cccc(Nc2ncnc(Nc3ccc(N4CCN(CC)CC4)cc3OC)n2)c1. The number of nitrogens with zero attached hydrogens (tertiary/aromatic N) is 5. The molecule has 35 heavy (non-hydrogen) atoms. The molecule has 0 atom stereocenters. The Bertz CT molecular complexity index is 1180. The van der Waals surface area contributed by atoms with Crippen LogP contribution in [0.4, 0.5) is 34.6 Å². The molecule has 1 amide bonds. The first-order valence-corrected chi connectivity index (χ1v) is 11.5. The van der Waals surface area contributed by atoms with Gasteiger partial charge in [0.15, 0.2) is 0 Å². The normalized spacial score (nSPS) is 13.7. The van der Waals surface area contributed by atoms with E-state index in [1.807, 2.05) is 24.3 Å². The molecular formula is C25H30N8O2. The van der Waals surface area contributed by atoms with Gasteiger partial charge in [-0.25, -0.2) is 9.97 Å². The third-order valence-corrected chi connectivity index (χ3v) is 5.76. The van der Waals surface area contributed by atoms with Crippen molar-refractivity contribution in [2.45, 2.75) is 6.92 Å². The van der Waals surface area contributed by atoms with Gasteiger partial charge < -0.3 is 30.5 Å². The van der Waals surface area contributed by atoms with E-state index in [9.17, 15) is 4.79 Å². The molecule has 10 nitrogen and oxygen atoms in total. The summed E-state index contributed by atoms with van der Waals surface area (Å²) >= 11 is 0. The molecule has 2 heterocycles. The van der Waals surface area contributed by atoms with Crippen LogP contribution in [0.1, 0.15) is 6.92 Å². The predicted molar refractivity (Wildman–Crippen MR) is 139 cm³/mol. The van der Waals surface area contributed by atoms with Crippen LogP contribution in [0.5, 0.6) is 5.75 Å². The Kier molecular flexibility index (Phi) is 7.74. The van der Waals surface area contributed by atoms with Gasteiger partial charge in [-0.3, -0.25) is 4.79 Å². The minimum absolute atomic E-state index is 0.281.